The quantitative estimate of drug-likeness (QED) is 0.431. The Hall–Kier alpha value is -3.43. The molecule has 1 saturated carbocycles. The monoisotopic (exact) mass is 488 g/mol. The van der Waals surface area contributed by atoms with Crippen LogP contribution in [-0.2, 0) is 18.4 Å². The Morgan fingerprint density at radius 3 is 2.54 bits per heavy atom. The van der Waals surface area contributed by atoms with Gasteiger partial charge in [0, 0.05) is 31.3 Å². The molecule has 10 heteroatoms. The Labute approximate surface area is 203 Å². The Morgan fingerprint density at radius 1 is 1.29 bits per heavy atom. The van der Waals surface area contributed by atoms with Crippen molar-refractivity contribution in [3.05, 3.63) is 53.4 Å². The molecular formula is C25H31F3N6O. The van der Waals surface area contributed by atoms with E-state index in [0.717, 1.165) is 22.4 Å². The van der Waals surface area contributed by atoms with Crippen LogP contribution in [0.5, 0.6) is 0 Å². The third-order valence-corrected chi connectivity index (χ3v) is 6.26. The lowest BCUT2D eigenvalue weighted by Gasteiger charge is -2.29. The summed E-state index contributed by atoms with van der Waals surface area (Å²) in [6.07, 6.45) is 1.71. The lowest BCUT2D eigenvalue weighted by Crippen LogP contribution is -2.35. The largest absolute Gasteiger partial charge is 0.391 e. The molecule has 35 heavy (non-hydrogen) atoms. The van der Waals surface area contributed by atoms with Crippen LogP contribution in [0, 0.1) is 18.8 Å². The zero-order valence-electron chi connectivity index (χ0n) is 20.2. The number of hydrogen-bond donors (Lipinski definition) is 2. The SMILES string of the molecule is C=N/C(=N\C(=C/C)c1ccc(CNC(=O)[C@H]2CC[C@H](C(F)(F)F)CC2)c(C)c1)Nc1cnn(C)c1. The fourth-order valence-electron chi connectivity index (χ4n) is 4.19. The van der Waals surface area contributed by atoms with Crippen molar-refractivity contribution in [3.63, 3.8) is 0 Å². The molecule has 1 aromatic carbocycles. The molecule has 0 saturated heterocycles. The second kappa shape index (κ2) is 11.3. The molecule has 2 N–H and O–H groups in total. The molecule has 1 heterocycles. The Balaban J connectivity index is 1.61. The third-order valence-electron chi connectivity index (χ3n) is 6.26. The summed E-state index contributed by atoms with van der Waals surface area (Å²) < 4.78 is 40.2. The van der Waals surface area contributed by atoms with Gasteiger partial charge in [-0.15, -0.1) is 0 Å². The molecule has 0 bridgehead atoms. The molecule has 0 aliphatic heterocycles. The van der Waals surface area contributed by atoms with Gasteiger partial charge in [0.05, 0.1) is 23.5 Å². The molecule has 188 valence electrons. The minimum absolute atomic E-state index is 0.0130. The summed E-state index contributed by atoms with van der Waals surface area (Å²) in [7, 11) is 1.81. The minimum atomic E-state index is -4.17. The highest BCUT2D eigenvalue weighted by Crippen LogP contribution is 2.39. The van der Waals surface area contributed by atoms with E-state index >= 15 is 0 Å². The first kappa shape index (κ1) is 26.2. The van der Waals surface area contributed by atoms with E-state index in [2.05, 4.69) is 32.4 Å². The first-order valence-electron chi connectivity index (χ1n) is 11.5. The average molecular weight is 489 g/mol. The molecule has 0 radical (unpaired) electrons. The van der Waals surface area contributed by atoms with Crippen molar-refractivity contribution in [1.29, 1.82) is 0 Å². The number of hydrogen-bond acceptors (Lipinski definition) is 3. The first-order chi connectivity index (χ1) is 16.6. The molecule has 0 spiro atoms. The zero-order valence-corrected chi connectivity index (χ0v) is 20.2. The summed E-state index contributed by atoms with van der Waals surface area (Å²) in [4.78, 5) is 21.0. The highest BCUT2D eigenvalue weighted by atomic mass is 19.4. The fourth-order valence-corrected chi connectivity index (χ4v) is 4.19. The number of aryl methyl sites for hydroxylation is 2. The van der Waals surface area contributed by atoms with Crippen LogP contribution in [0.25, 0.3) is 5.70 Å². The summed E-state index contributed by atoms with van der Waals surface area (Å²) in [5, 5.41) is 10.1. The third kappa shape index (κ3) is 7.03. The molecule has 0 unspecified atom stereocenters. The number of benzene rings is 1. The lowest BCUT2D eigenvalue weighted by atomic mass is 9.81. The van der Waals surface area contributed by atoms with Crippen molar-refractivity contribution in [1.82, 2.24) is 15.1 Å². The molecule has 2 aromatic rings. The van der Waals surface area contributed by atoms with Gasteiger partial charge in [-0.2, -0.15) is 18.3 Å². The highest BCUT2D eigenvalue weighted by molar-refractivity contribution is 5.99. The van der Waals surface area contributed by atoms with Gasteiger partial charge in [0.1, 0.15) is 0 Å². The highest BCUT2D eigenvalue weighted by Gasteiger charge is 2.42. The number of carbonyl (C=O) groups is 1. The van der Waals surface area contributed by atoms with Crippen LogP contribution >= 0.6 is 0 Å². The number of carbonyl (C=O) groups excluding carboxylic acids is 1. The van der Waals surface area contributed by atoms with Crippen LogP contribution in [0.4, 0.5) is 18.9 Å². The van der Waals surface area contributed by atoms with Crippen LogP contribution in [-0.4, -0.2) is 34.5 Å². The Kier molecular flexibility index (Phi) is 8.48. The van der Waals surface area contributed by atoms with Crippen molar-refractivity contribution >= 4 is 30.0 Å². The van der Waals surface area contributed by atoms with Gasteiger partial charge >= 0.3 is 6.18 Å². The number of nitrogens with zero attached hydrogens (tertiary/aromatic N) is 4. The maximum Gasteiger partial charge on any atom is 0.391 e. The van der Waals surface area contributed by atoms with E-state index in [-0.39, 0.29) is 37.5 Å². The van der Waals surface area contributed by atoms with E-state index in [4.69, 9.17) is 0 Å². The topological polar surface area (TPSA) is 83.7 Å². The Morgan fingerprint density at radius 2 is 2.00 bits per heavy atom. The number of allylic oxidation sites excluding steroid dienone is 1. The lowest BCUT2D eigenvalue weighted by molar-refractivity contribution is -0.184. The van der Waals surface area contributed by atoms with Crippen molar-refractivity contribution in [2.75, 3.05) is 5.32 Å². The molecule has 1 aliphatic carbocycles. The zero-order chi connectivity index (χ0) is 25.6. The number of rotatable bonds is 6. The van der Waals surface area contributed by atoms with E-state index in [1.165, 1.54) is 0 Å². The molecular weight excluding hydrogens is 457 g/mol. The molecule has 1 aliphatic rings. The molecule has 7 nitrogen and oxygen atoms in total. The number of amides is 1. The van der Waals surface area contributed by atoms with Gasteiger partial charge in [0.15, 0.2) is 0 Å². The number of nitrogens with one attached hydrogen (secondary N) is 2. The number of aromatic nitrogens is 2. The van der Waals surface area contributed by atoms with Gasteiger partial charge in [-0.3, -0.25) is 9.48 Å². The molecule has 1 fully saturated rings. The Bertz CT molecular complexity index is 1110. The van der Waals surface area contributed by atoms with Crippen LogP contribution in [0.2, 0.25) is 0 Å². The molecule has 1 aromatic heterocycles. The van der Waals surface area contributed by atoms with Gasteiger partial charge in [0.2, 0.25) is 11.9 Å². The van der Waals surface area contributed by atoms with Crippen molar-refractivity contribution in [2.45, 2.75) is 52.3 Å². The number of aliphatic imine (C=N–C) groups is 2. The van der Waals surface area contributed by atoms with Gasteiger partial charge in [-0.1, -0.05) is 18.2 Å². The number of anilines is 1. The van der Waals surface area contributed by atoms with E-state index < -0.39 is 12.1 Å². The second-order valence-corrected chi connectivity index (χ2v) is 8.74. The molecule has 3 rings (SSSR count). The van der Waals surface area contributed by atoms with Crippen molar-refractivity contribution in [3.8, 4) is 0 Å². The van der Waals surface area contributed by atoms with E-state index in [1.54, 1.807) is 17.1 Å². The van der Waals surface area contributed by atoms with Crippen LogP contribution < -0.4 is 10.6 Å². The van der Waals surface area contributed by atoms with E-state index in [1.807, 2.05) is 45.2 Å². The summed E-state index contributed by atoms with van der Waals surface area (Å²) in [5.41, 5.74) is 4.21. The summed E-state index contributed by atoms with van der Waals surface area (Å²) in [6, 6.07) is 5.80. The normalized spacial score (nSPS) is 19.4. The number of guanidine groups is 1. The van der Waals surface area contributed by atoms with E-state index in [9.17, 15) is 18.0 Å². The fraction of sp³-hybridized carbons (Fsp3) is 0.440. The van der Waals surface area contributed by atoms with E-state index in [0.29, 0.717) is 18.2 Å². The van der Waals surface area contributed by atoms with Crippen LogP contribution in [0.1, 0.15) is 49.3 Å². The minimum Gasteiger partial charge on any atom is -0.352 e. The van der Waals surface area contributed by atoms with Crippen LogP contribution in [0.15, 0.2) is 46.7 Å². The molecule has 0 atom stereocenters. The number of alkyl halides is 3. The number of halogens is 3. The van der Waals surface area contributed by atoms with Crippen LogP contribution in [0.3, 0.4) is 0 Å². The smallest absolute Gasteiger partial charge is 0.352 e. The average Bonchev–Trinajstić information content (AvgIpc) is 3.24. The van der Waals surface area contributed by atoms with Crippen molar-refractivity contribution < 1.29 is 18.0 Å². The maximum absolute atomic E-state index is 12.9. The first-order valence-corrected chi connectivity index (χ1v) is 11.5. The predicted octanol–water partition coefficient (Wildman–Crippen LogP) is 5.24. The van der Waals surface area contributed by atoms with Gasteiger partial charge in [-0.05, 0) is 63.4 Å². The second-order valence-electron chi connectivity index (χ2n) is 8.74. The van der Waals surface area contributed by atoms with Gasteiger partial charge in [0.25, 0.3) is 0 Å². The van der Waals surface area contributed by atoms with Gasteiger partial charge < -0.3 is 10.6 Å². The maximum atomic E-state index is 12.9. The summed E-state index contributed by atoms with van der Waals surface area (Å²) in [6.45, 7) is 7.72. The summed E-state index contributed by atoms with van der Waals surface area (Å²) >= 11 is 0. The van der Waals surface area contributed by atoms with Crippen molar-refractivity contribution in [2.24, 2.45) is 28.9 Å². The molecule has 1 amide bonds. The standard InChI is InChI=1S/C25H31F3N6O/c1-5-22(33-24(29-3)32-21-14-31-34(4)15-21)18-6-7-19(16(2)12-18)13-30-23(35)17-8-10-20(11-9-17)25(26,27)28/h5-7,12,14-15,17,20H,3,8-11,13H2,1-2,4H3,(H,30,35)(H,32,33)/b22-5-/t17-,20-. The summed E-state index contributed by atoms with van der Waals surface area (Å²) in [5.74, 6) is -1.51. The van der Waals surface area contributed by atoms with Gasteiger partial charge in [-0.25, -0.2) is 9.98 Å². The predicted molar refractivity (Wildman–Crippen MR) is 132 cm³/mol.